The molecular weight excluding hydrogens is 356 g/mol. The van der Waals surface area contributed by atoms with Gasteiger partial charge in [-0.1, -0.05) is 17.7 Å². The van der Waals surface area contributed by atoms with Gasteiger partial charge in [-0.05, 0) is 32.1 Å². The van der Waals surface area contributed by atoms with Gasteiger partial charge in [-0.3, -0.25) is 9.59 Å². The van der Waals surface area contributed by atoms with E-state index in [2.05, 4.69) is 5.32 Å². The quantitative estimate of drug-likeness (QED) is 0.800. The SMILES string of the molecule is CNCCCC(=O)N1CCN(C(=O)c2c(F)cccc2Cl)CC1.Cl. The van der Waals surface area contributed by atoms with Crippen LogP contribution in [0.3, 0.4) is 0 Å². The summed E-state index contributed by atoms with van der Waals surface area (Å²) in [7, 11) is 1.85. The molecule has 1 aliphatic rings. The number of hydrogen-bond acceptors (Lipinski definition) is 3. The van der Waals surface area contributed by atoms with Gasteiger partial charge in [0.15, 0.2) is 0 Å². The topological polar surface area (TPSA) is 52.7 Å². The summed E-state index contributed by atoms with van der Waals surface area (Å²) in [6.45, 7) is 2.52. The Morgan fingerprint density at radius 1 is 1.21 bits per heavy atom. The van der Waals surface area contributed by atoms with Crippen LogP contribution in [0.5, 0.6) is 0 Å². The number of amides is 2. The average Bonchev–Trinajstić information content (AvgIpc) is 2.55. The summed E-state index contributed by atoms with van der Waals surface area (Å²) in [5.74, 6) is -0.945. The maximum Gasteiger partial charge on any atom is 0.258 e. The van der Waals surface area contributed by atoms with Gasteiger partial charge < -0.3 is 15.1 Å². The van der Waals surface area contributed by atoms with E-state index >= 15 is 0 Å². The molecule has 1 aromatic rings. The van der Waals surface area contributed by atoms with Gasteiger partial charge in [-0.15, -0.1) is 12.4 Å². The molecule has 0 aromatic heterocycles. The Hall–Kier alpha value is -1.37. The standard InChI is InChI=1S/C16H21ClFN3O2.ClH/c1-19-7-3-6-14(22)20-8-10-21(11-9-20)16(23)15-12(17)4-2-5-13(15)18;/h2,4-5,19H,3,6-11H2,1H3;1H. The second-order valence-corrected chi connectivity index (χ2v) is 5.88. The lowest BCUT2D eigenvalue weighted by Crippen LogP contribution is -2.50. The van der Waals surface area contributed by atoms with Gasteiger partial charge in [0, 0.05) is 32.6 Å². The van der Waals surface area contributed by atoms with Gasteiger partial charge >= 0.3 is 0 Å². The van der Waals surface area contributed by atoms with Gasteiger partial charge in [0.2, 0.25) is 5.91 Å². The highest BCUT2D eigenvalue weighted by Crippen LogP contribution is 2.21. The Morgan fingerprint density at radius 2 is 1.83 bits per heavy atom. The van der Waals surface area contributed by atoms with Crippen molar-refractivity contribution in [2.45, 2.75) is 12.8 Å². The summed E-state index contributed by atoms with van der Waals surface area (Å²) < 4.78 is 13.8. The van der Waals surface area contributed by atoms with E-state index in [9.17, 15) is 14.0 Å². The number of halogens is 3. The molecule has 8 heteroatoms. The van der Waals surface area contributed by atoms with Crippen LogP contribution in [0.1, 0.15) is 23.2 Å². The second-order valence-electron chi connectivity index (χ2n) is 5.48. The fourth-order valence-corrected chi connectivity index (χ4v) is 2.84. The summed E-state index contributed by atoms with van der Waals surface area (Å²) in [6, 6.07) is 4.19. The number of carbonyl (C=O) groups excluding carboxylic acids is 2. The third-order valence-corrected chi connectivity index (χ3v) is 4.23. The van der Waals surface area contributed by atoms with Crippen molar-refractivity contribution in [2.75, 3.05) is 39.8 Å². The highest BCUT2D eigenvalue weighted by Gasteiger charge is 2.27. The molecule has 0 atom stereocenters. The smallest absolute Gasteiger partial charge is 0.258 e. The molecule has 0 spiro atoms. The van der Waals surface area contributed by atoms with Gasteiger partial charge in [-0.2, -0.15) is 0 Å². The molecule has 2 amide bonds. The summed E-state index contributed by atoms with van der Waals surface area (Å²) >= 11 is 5.94. The Morgan fingerprint density at radius 3 is 2.42 bits per heavy atom. The van der Waals surface area contributed by atoms with Crippen molar-refractivity contribution in [3.05, 3.63) is 34.6 Å². The van der Waals surface area contributed by atoms with E-state index in [1.54, 1.807) is 9.80 Å². The van der Waals surface area contributed by atoms with Crippen LogP contribution in [0.2, 0.25) is 5.02 Å². The Labute approximate surface area is 152 Å². The molecule has 1 fully saturated rings. The van der Waals surface area contributed by atoms with Crippen molar-refractivity contribution in [2.24, 2.45) is 0 Å². The molecule has 0 unspecified atom stereocenters. The molecule has 0 bridgehead atoms. The van der Waals surface area contributed by atoms with Crippen LogP contribution in [0.4, 0.5) is 4.39 Å². The molecular formula is C16H22Cl2FN3O2. The predicted molar refractivity (Wildman–Crippen MR) is 94.3 cm³/mol. The molecule has 1 aromatic carbocycles. The second kappa shape index (κ2) is 9.81. The minimum atomic E-state index is -0.618. The lowest BCUT2D eigenvalue weighted by Gasteiger charge is -2.35. The maximum atomic E-state index is 13.8. The van der Waals surface area contributed by atoms with Gasteiger partial charge in [0.05, 0.1) is 10.6 Å². The average molecular weight is 378 g/mol. The maximum absolute atomic E-state index is 13.8. The summed E-state index contributed by atoms with van der Waals surface area (Å²) in [4.78, 5) is 27.8. The zero-order valence-corrected chi connectivity index (χ0v) is 15.1. The number of hydrogen-bond donors (Lipinski definition) is 1. The summed E-state index contributed by atoms with van der Waals surface area (Å²) in [5.41, 5.74) is -0.0945. The van der Waals surface area contributed by atoms with Crippen molar-refractivity contribution >= 4 is 35.8 Å². The molecule has 24 heavy (non-hydrogen) atoms. The number of nitrogens with one attached hydrogen (secondary N) is 1. The molecule has 5 nitrogen and oxygen atoms in total. The lowest BCUT2D eigenvalue weighted by molar-refractivity contribution is -0.132. The lowest BCUT2D eigenvalue weighted by atomic mass is 10.1. The molecule has 1 N–H and O–H groups in total. The predicted octanol–water partition coefficient (Wildman–Crippen LogP) is 2.18. The molecule has 1 saturated heterocycles. The largest absolute Gasteiger partial charge is 0.339 e. The minimum Gasteiger partial charge on any atom is -0.339 e. The van der Waals surface area contributed by atoms with Crippen molar-refractivity contribution in [1.29, 1.82) is 0 Å². The van der Waals surface area contributed by atoms with Crippen molar-refractivity contribution in [3.63, 3.8) is 0 Å². The van der Waals surface area contributed by atoms with Gasteiger partial charge in [-0.25, -0.2) is 4.39 Å². The van der Waals surface area contributed by atoms with Crippen molar-refractivity contribution in [1.82, 2.24) is 15.1 Å². The molecule has 0 saturated carbocycles. The van der Waals surface area contributed by atoms with Crippen LogP contribution >= 0.6 is 24.0 Å². The fourth-order valence-electron chi connectivity index (χ4n) is 2.59. The van der Waals surface area contributed by atoms with Crippen LogP contribution < -0.4 is 5.32 Å². The highest BCUT2D eigenvalue weighted by atomic mass is 35.5. The normalized spacial score (nSPS) is 14.3. The zero-order valence-electron chi connectivity index (χ0n) is 13.6. The first-order chi connectivity index (χ1) is 11.0. The van der Waals surface area contributed by atoms with Crippen molar-refractivity contribution in [3.8, 4) is 0 Å². The summed E-state index contributed by atoms with van der Waals surface area (Å²) in [5, 5.41) is 3.12. The van der Waals surface area contributed by atoms with Crippen LogP contribution in [-0.2, 0) is 4.79 Å². The number of nitrogens with zero attached hydrogens (tertiary/aromatic N) is 2. The van der Waals surface area contributed by atoms with Crippen LogP contribution in [0.25, 0.3) is 0 Å². The molecule has 2 rings (SSSR count). The van der Waals surface area contributed by atoms with Gasteiger partial charge in [0.1, 0.15) is 5.82 Å². The van der Waals surface area contributed by atoms with E-state index in [-0.39, 0.29) is 28.9 Å². The van der Waals surface area contributed by atoms with E-state index in [0.717, 1.165) is 13.0 Å². The van der Waals surface area contributed by atoms with Crippen LogP contribution in [-0.4, -0.2) is 61.4 Å². The monoisotopic (exact) mass is 377 g/mol. The highest BCUT2D eigenvalue weighted by molar-refractivity contribution is 6.33. The van der Waals surface area contributed by atoms with E-state index in [1.807, 2.05) is 7.05 Å². The Kier molecular flexibility index (Phi) is 8.45. The van der Waals surface area contributed by atoms with E-state index in [4.69, 9.17) is 11.6 Å². The summed E-state index contributed by atoms with van der Waals surface area (Å²) in [6.07, 6.45) is 1.28. The third-order valence-electron chi connectivity index (χ3n) is 3.91. The molecule has 1 heterocycles. The van der Waals surface area contributed by atoms with Crippen LogP contribution in [0.15, 0.2) is 18.2 Å². The van der Waals surface area contributed by atoms with Gasteiger partial charge in [0.25, 0.3) is 5.91 Å². The van der Waals surface area contributed by atoms with E-state index in [0.29, 0.717) is 32.6 Å². The zero-order chi connectivity index (χ0) is 16.8. The van der Waals surface area contributed by atoms with Crippen LogP contribution in [0, 0.1) is 5.82 Å². The number of carbonyl (C=O) groups is 2. The number of benzene rings is 1. The third kappa shape index (κ3) is 5.06. The number of piperazine rings is 1. The first kappa shape index (κ1) is 20.7. The molecule has 0 aliphatic carbocycles. The first-order valence-electron chi connectivity index (χ1n) is 7.70. The Bertz CT molecular complexity index is 558. The molecule has 1 aliphatic heterocycles. The van der Waals surface area contributed by atoms with E-state index < -0.39 is 11.7 Å². The van der Waals surface area contributed by atoms with Crippen molar-refractivity contribution < 1.29 is 14.0 Å². The molecule has 134 valence electrons. The first-order valence-corrected chi connectivity index (χ1v) is 8.08. The fraction of sp³-hybridized carbons (Fsp3) is 0.500. The van der Waals surface area contributed by atoms with E-state index in [1.165, 1.54) is 18.2 Å². The Balaban J connectivity index is 0.00000288. The minimum absolute atomic E-state index is 0. The molecule has 0 radical (unpaired) electrons. The number of rotatable bonds is 5.